The summed E-state index contributed by atoms with van der Waals surface area (Å²) in [5, 5.41) is 4.02. The number of anilines is 1. The third kappa shape index (κ3) is 7.98. The first-order valence-electron chi connectivity index (χ1n) is 13.8. The summed E-state index contributed by atoms with van der Waals surface area (Å²) in [6.45, 7) is 3.02. The van der Waals surface area contributed by atoms with Crippen molar-refractivity contribution in [2.24, 2.45) is 0 Å². The number of rotatable bonds is 10. The molecule has 0 aliphatic heterocycles. The molecule has 3 aromatic carbocycles. The molecule has 7 nitrogen and oxygen atoms in total. The lowest BCUT2D eigenvalue weighted by molar-refractivity contribution is -0.139. The fourth-order valence-corrected chi connectivity index (χ4v) is 6.77. The van der Waals surface area contributed by atoms with Gasteiger partial charge in [-0.05, 0) is 74.7 Å². The van der Waals surface area contributed by atoms with Crippen molar-refractivity contribution in [2.75, 3.05) is 10.8 Å². The number of nitrogens with one attached hydrogen (secondary N) is 1. The van der Waals surface area contributed by atoms with Crippen molar-refractivity contribution in [3.8, 4) is 0 Å². The Morgan fingerprint density at radius 3 is 2.17 bits per heavy atom. The van der Waals surface area contributed by atoms with Crippen LogP contribution in [0, 0.1) is 6.92 Å². The van der Waals surface area contributed by atoms with Crippen LogP contribution in [0.4, 0.5) is 5.69 Å². The van der Waals surface area contributed by atoms with Crippen LogP contribution >= 0.6 is 34.8 Å². The molecule has 1 aliphatic rings. The molecule has 0 aromatic heterocycles. The first kappa shape index (κ1) is 32.1. The van der Waals surface area contributed by atoms with E-state index < -0.39 is 28.5 Å². The number of hydrogen-bond acceptors (Lipinski definition) is 4. The fraction of sp³-hybridized carbons (Fsp3) is 0.355. The first-order chi connectivity index (χ1) is 20.0. The maximum Gasteiger partial charge on any atom is 0.264 e. The van der Waals surface area contributed by atoms with Crippen LogP contribution in [0.2, 0.25) is 15.1 Å². The minimum Gasteiger partial charge on any atom is -0.352 e. The second kappa shape index (κ2) is 14.1. The lowest BCUT2D eigenvalue weighted by Gasteiger charge is -2.33. The number of amides is 2. The van der Waals surface area contributed by atoms with Crippen LogP contribution in [0.1, 0.15) is 50.2 Å². The Balaban J connectivity index is 1.69. The van der Waals surface area contributed by atoms with E-state index in [1.807, 2.05) is 6.92 Å². The largest absolute Gasteiger partial charge is 0.352 e. The molecule has 0 radical (unpaired) electrons. The Kier molecular flexibility index (Phi) is 10.8. The molecular formula is C31H34Cl3N3O4S. The van der Waals surface area contributed by atoms with Gasteiger partial charge in [0.1, 0.15) is 12.6 Å². The molecule has 4 rings (SSSR count). The lowest BCUT2D eigenvalue weighted by atomic mass is 9.95. The molecular weight excluding hydrogens is 617 g/mol. The maximum absolute atomic E-state index is 14.1. The molecule has 2 amide bonds. The van der Waals surface area contributed by atoms with Gasteiger partial charge in [-0.2, -0.15) is 0 Å². The van der Waals surface area contributed by atoms with Crippen LogP contribution in [0.25, 0.3) is 0 Å². The van der Waals surface area contributed by atoms with E-state index in [1.54, 1.807) is 43.3 Å². The van der Waals surface area contributed by atoms with Crippen LogP contribution in [-0.2, 0) is 26.2 Å². The van der Waals surface area contributed by atoms with Gasteiger partial charge in [-0.1, -0.05) is 83.9 Å². The average Bonchev–Trinajstić information content (AvgIpc) is 2.97. The minimum absolute atomic E-state index is 0.0133. The number of nitrogens with zero attached hydrogens (tertiary/aromatic N) is 2. The van der Waals surface area contributed by atoms with Crippen LogP contribution < -0.4 is 9.62 Å². The van der Waals surface area contributed by atoms with Crippen molar-refractivity contribution in [2.45, 2.75) is 69.5 Å². The summed E-state index contributed by atoms with van der Waals surface area (Å²) >= 11 is 18.5. The van der Waals surface area contributed by atoms with Gasteiger partial charge in [0.25, 0.3) is 10.0 Å². The van der Waals surface area contributed by atoms with Gasteiger partial charge in [-0.15, -0.1) is 0 Å². The summed E-state index contributed by atoms with van der Waals surface area (Å²) in [6, 6.07) is 16.9. The van der Waals surface area contributed by atoms with Crippen LogP contribution in [-0.4, -0.2) is 43.8 Å². The van der Waals surface area contributed by atoms with E-state index in [4.69, 9.17) is 34.8 Å². The lowest BCUT2D eigenvalue weighted by Crippen LogP contribution is -2.53. The van der Waals surface area contributed by atoms with Crippen molar-refractivity contribution in [3.63, 3.8) is 0 Å². The minimum atomic E-state index is -4.21. The van der Waals surface area contributed by atoms with E-state index in [9.17, 15) is 18.0 Å². The highest BCUT2D eigenvalue weighted by atomic mass is 35.5. The number of halogens is 3. The number of carbonyl (C=O) groups is 2. The first-order valence-corrected chi connectivity index (χ1v) is 16.4. The predicted molar refractivity (Wildman–Crippen MR) is 169 cm³/mol. The Hall–Kier alpha value is -2.78. The van der Waals surface area contributed by atoms with Crippen molar-refractivity contribution in [3.05, 3.63) is 92.9 Å². The molecule has 1 fully saturated rings. The number of benzene rings is 3. The Morgan fingerprint density at radius 2 is 1.55 bits per heavy atom. The molecule has 3 aromatic rings. The molecule has 0 saturated heterocycles. The maximum atomic E-state index is 14.1. The van der Waals surface area contributed by atoms with Gasteiger partial charge in [-0.25, -0.2) is 8.42 Å². The van der Waals surface area contributed by atoms with Crippen molar-refractivity contribution in [1.29, 1.82) is 0 Å². The normalized spacial score (nSPS) is 14.7. The second-order valence-corrected chi connectivity index (χ2v) is 13.7. The summed E-state index contributed by atoms with van der Waals surface area (Å²) in [7, 11) is -4.21. The second-order valence-electron chi connectivity index (χ2n) is 10.6. The van der Waals surface area contributed by atoms with E-state index in [0.29, 0.717) is 5.02 Å². The molecule has 1 aliphatic carbocycles. The molecule has 1 atom stereocenters. The van der Waals surface area contributed by atoms with E-state index in [0.717, 1.165) is 47.5 Å². The Morgan fingerprint density at radius 1 is 0.905 bits per heavy atom. The summed E-state index contributed by atoms with van der Waals surface area (Å²) in [5.74, 6) is -0.843. The SMILES string of the molecule is Cc1ccc(S(=O)(=O)N(CC(=O)N(Cc2ccc(Cl)cc2)C(C)C(=O)NC2CCCCC2)c2ccc(Cl)c(Cl)c2)cc1. The number of aryl methyl sites for hydroxylation is 1. The summed E-state index contributed by atoms with van der Waals surface area (Å²) < 4.78 is 28.9. The topological polar surface area (TPSA) is 86.8 Å². The standard InChI is InChI=1S/C31H34Cl3N3O4S/c1-21-8-15-27(16-9-21)42(40,41)37(26-14-17-28(33)29(34)18-26)20-30(38)36(19-23-10-12-24(32)13-11-23)22(2)31(39)35-25-6-4-3-5-7-25/h8-18,22,25H,3-7,19-20H2,1-2H3,(H,35,39). The highest BCUT2D eigenvalue weighted by Crippen LogP contribution is 2.31. The molecule has 0 bridgehead atoms. The summed E-state index contributed by atoms with van der Waals surface area (Å²) in [6.07, 6.45) is 5.01. The number of carbonyl (C=O) groups excluding carboxylic acids is 2. The van der Waals surface area contributed by atoms with E-state index in [1.165, 1.54) is 35.2 Å². The highest BCUT2D eigenvalue weighted by Gasteiger charge is 2.33. The van der Waals surface area contributed by atoms with Gasteiger partial charge in [0, 0.05) is 17.6 Å². The Bertz CT molecular complexity index is 1510. The van der Waals surface area contributed by atoms with E-state index in [2.05, 4.69) is 5.32 Å². The molecule has 11 heteroatoms. The predicted octanol–water partition coefficient (Wildman–Crippen LogP) is 7.02. The zero-order valence-electron chi connectivity index (χ0n) is 23.5. The van der Waals surface area contributed by atoms with Gasteiger partial charge in [0.15, 0.2) is 0 Å². The molecule has 42 heavy (non-hydrogen) atoms. The summed E-state index contributed by atoms with van der Waals surface area (Å²) in [5.41, 5.74) is 1.80. The average molecular weight is 651 g/mol. The van der Waals surface area contributed by atoms with Gasteiger partial charge in [-0.3, -0.25) is 13.9 Å². The zero-order valence-corrected chi connectivity index (χ0v) is 26.6. The third-order valence-corrected chi connectivity index (χ3v) is 10.2. The molecule has 1 unspecified atom stereocenters. The quantitative estimate of drug-likeness (QED) is 0.256. The van der Waals surface area contributed by atoms with Crippen molar-refractivity contribution >= 4 is 62.3 Å². The number of sulfonamides is 1. The molecule has 0 spiro atoms. The third-order valence-electron chi connectivity index (χ3n) is 7.46. The monoisotopic (exact) mass is 649 g/mol. The van der Waals surface area contributed by atoms with Crippen LogP contribution in [0.5, 0.6) is 0 Å². The van der Waals surface area contributed by atoms with Gasteiger partial charge in [0.05, 0.1) is 20.6 Å². The number of hydrogen-bond donors (Lipinski definition) is 1. The van der Waals surface area contributed by atoms with Crippen LogP contribution in [0.15, 0.2) is 71.6 Å². The Labute approximate surface area is 262 Å². The van der Waals surface area contributed by atoms with Gasteiger partial charge in [0.2, 0.25) is 11.8 Å². The summed E-state index contributed by atoms with van der Waals surface area (Å²) in [4.78, 5) is 28.9. The smallest absolute Gasteiger partial charge is 0.264 e. The molecule has 224 valence electrons. The molecule has 1 N–H and O–H groups in total. The fourth-order valence-electron chi connectivity index (χ4n) is 4.94. The van der Waals surface area contributed by atoms with Crippen molar-refractivity contribution in [1.82, 2.24) is 10.2 Å². The highest BCUT2D eigenvalue weighted by molar-refractivity contribution is 7.92. The van der Waals surface area contributed by atoms with E-state index >= 15 is 0 Å². The zero-order chi connectivity index (χ0) is 30.4. The van der Waals surface area contributed by atoms with E-state index in [-0.39, 0.29) is 39.1 Å². The molecule has 1 saturated carbocycles. The van der Waals surface area contributed by atoms with Gasteiger partial charge < -0.3 is 10.2 Å². The van der Waals surface area contributed by atoms with Crippen molar-refractivity contribution < 1.29 is 18.0 Å². The van der Waals surface area contributed by atoms with Crippen LogP contribution in [0.3, 0.4) is 0 Å². The molecule has 0 heterocycles. The van der Waals surface area contributed by atoms with Gasteiger partial charge >= 0.3 is 0 Å².